The van der Waals surface area contributed by atoms with Gasteiger partial charge in [-0.1, -0.05) is 23.8 Å². The van der Waals surface area contributed by atoms with Crippen LogP contribution in [0.1, 0.15) is 16.7 Å². The molecule has 134 valence electrons. The van der Waals surface area contributed by atoms with Gasteiger partial charge in [0.15, 0.2) is 0 Å². The Labute approximate surface area is 150 Å². The Bertz CT molecular complexity index is 696. The lowest BCUT2D eigenvalue weighted by atomic mass is 10.1. The second-order valence-electron chi connectivity index (χ2n) is 6.70. The number of rotatable bonds is 6. The fourth-order valence-corrected chi connectivity index (χ4v) is 3.25. The van der Waals surface area contributed by atoms with E-state index in [-0.39, 0.29) is 0 Å². The Morgan fingerprint density at radius 2 is 1.84 bits per heavy atom. The molecule has 1 saturated heterocycles. The molecule has 1 aromatic carbocycles. The number of methoxy groups -OCH3 is 1. The van der Waals surface area contributed by atoms with Crippen LogP contribution in [-0.2, 0) is 13.1 Å². The number of ether oxygens (including phenoxy) is 1. The molecule has 0 amide bonds. The minimum absolute atomic E-state index is 0.780. The van der Waals surface area contributed by atoms with Gasteiger partial charge in [-0.2, -0.15) is 0 Å². The van der Waals surface area contributed by atoms with Crippen LogP contribution < -0.4 is 15.0 Å². The van der Waals surface area contributed by atoms with Gasteiger partial charge in [0, 0.05) is 56.6 Å². The van der Waals surface area contributed by atoms with E-state index in [1.54, 1.807) is 7.11 Å². The van der Waals surface area contributed by atoms with Crippen LogP contribution in [0.5, 0.6) is 5.75 Å². The summed E-state index contributed by atoms with van der Waals surface area (Å²) in [6, 6.07) is 10.5. The van der Waals surface area contributed by atoms with E-state index in [2.05, 4.69) is 52.3 Å². The van der Waals surface area contributed by atoms with Crippen LogP contribution in [-0.4, -0.2) is 50.2 Å². The molecule has 1 aromatic heterocycles. The first-order chi connectivity index (χ1) is 12.2. The molecule has 1 aliphatic rings. The van der Waals surface area contributed by atoms with Gasteiger partial charge in [0.05, 0.1) is 7.11 Å². The smallest absolute Gasteiger partial charge is 0.133 e. The van der Waals surface area contributed by atoms with E-state index in [0.717, 1.165) is 50.8 Å². The van der Waals surface area contributed by atoms with Crippen LogP contribution in [0.15, 0.2) is 36.5 Å². The molecule has 2 aromatic rings. The van der Waals surface area contributed by atoms with Gasteiger partial charge in [0.1, 0.15) is 11.6 Å². The lowest BCUT2D eigenvalue weighted by Crippen LogP contribution is -2.45. The predicted octanol–water partition coefficient (Wildman–Crippen LogP) is 2.44. The number of hydrogen-bond donors (Lipinski definition) is 1. The number of hydrogen-bond acceptors (Lipinski definition) is 5. The Balaban J connectivity index is 1.65. The van der Waals surface area contributed by atoms with Crippen molar-refractivity contribution in [3.63, 3.8) is 0 Å². The molecule has 0 radical (unpaired) electrons. The molecular weight excluding hydrogens is 312 g/mol. The number of benzene rings is 1. The molecule has 2 heterocycles. The van der Waals surface area contributed by atoms with Crippen LogP contribution in [0.2, 0.25) is 0 Å². The van der Waals surface area contributed by atoms with Gasteiger partial charge < -0.3 is 19.9 Å². The summed E-state index contributed by atoms with van der Waals surface area (Å²) in [6.07, 6.45) is 1.89. The maximum atomic E-state index is 5.47. The van der Waals surface area contributed by atoms with Crippen LogP contribution in [0.4, 0.5) is 5.82 Å². The molecule has 0 spiro atoms. The zero-order valence-electron chi connectivity index (χ0n) is 15.5. The van der Waals surface area contributed by atoms with Gasteiger partial charge in [0.2, 0.25) is 0 Å². The van der Waals surface area contributed by atoms with Crippen molar-refractivity contribution < 1.29 is 4.74 Å². The fraction of sp³-hybridized carbons (Fsp3) is 0.450. The fourth-order valence-electron chi connectivity index (χ4n) is 3.25. The van der Waals surface area contributed by atoms with Crippen molar-refractivity contribution in [2.45, 2.75) is 20.0 Å². The number of nitrogens with zero attached hydrogens (tertiary/aromatic N) is 3. The van der Waals surface area contributed by atoms with E-state index < -0.39 is 0 Å². The minimum atomic E-state index is 0.780. The highest BCUT2D eigenvalue weighted by atomic mass is 16.5. The maximum Gasteiger partial charge on any atom is 0.133 e. The minimum Gasteiger partial charge on any atom is -0.496 e. The molecule has 5 nitrogen and oxygen atoms in total. The molecule has 0 aliphatic carbocycles. The van der Waals surface area contributed by atoms with E-state index >= 15 is 0 Å². The first-order valence-corrected chi connectivity index (χ1v) is 8.89. The lowest BCUT2D eigenvalue weighted by Gasteiger charge is -2.34. The third kappa shape index (κ3) is 4.50. The monoisotopic (exact) mass is 340 g/mol. The summed E-state index contributed by atoms with van der Waals surface area (Å²) < 4.78 is 5.47. The van der Waals surface area contributed by atoms with E-state index in [0.29, 0.717) is 0 Å². The zero-order valence-corrected chi connectivity index (χ0v) is 15.5. The van der Waals surface area contributed by atoms with Crippen molar-refractivity contribution >= 4 is 5.82 Å². The van der Waals surface area contributed by atoms with Crippen LogP contribution >= 0.6 is 0 Å². The summed E-state index contributed by atoms with van der Waals surface area (Å²) in [7, 11) is 3.90. The Hall–Kier alpha value is -2.11. The standard InChI is InChI=1S/C20H28N4O/c1-16-6-7-19(25-3)18(13-16)15-21-14-17-5-4-8-22-20(17)24-11-9-23(2)10-12-24/h4-8,13,21H,9-12,14-15H2,1-3H3. The van der Waals surface area contributed by atoms with Gasteiger partial charge in [0.25, 0.3) is 0 Å². The molecule has 1 N–H and O–H groups in total. The number of pyridine rings is 1. The molecule has 1 fully saturated rings. The average molecular weight is 340 g/mol. The van der Waals surface area contributed by atoms with E-state index in [4.69, 9.17) is 4.74 Å². The molecule has 0 bridgehead atoms. The second kappa shape index (κ2) is 8.32. The molecule has 0 unspecified atom stereocenters. The van der Waals surface area contributed by atoms with Gasteiger partial charge in [-0.25, -0.2) is 4.98 Å². The third-order valence-electron chi connectivity index (χ3n) is 4.74. The number of anilines is 1. The number of nitrogens with one attached hydrogen (secondary N) is 1. The third-order valence-corrected chi connectivity index (χ3v) is 4.74. The summed E-state index contributed by atoms with van der Waals surface area (Å²) in [5.41, 5.74) is 3.68. The Morgan fingerprint density at radius 3 is 2.60 bits per heavy atom. The van der Waals surface area contributed by atoms with Crippen LogP contribution in [0, 0.1) is 6.92 Å². The first kappa shape index (κ1) is 17.7. The maximum absolute atomic E-state index is 5.47. The molecule has 1 aliphatic heterocycles. The van der Waals surface area contributed by atoms with Crippen LogP contribution in [0.3, 0.4) is 0 Å². The molecule has 3 rings (SSSR count). The number of aryl methyl sites for hydroxylation is 1. The number of likely N-dealkylation sites (N-methyl/N-ethyl adjacent to an activating group) is 1. The van der Waals surface area contributed by atoms with E-state index in [1.807, 2.05) is 18.3 Å². The highest BCUT2D eigenvalue weighted by Gasteiger charge is 2.17. The SMILES string of the molecule is COc1ccc(C)cc1CNCc1cccnc1N1CCN(C)CC1. The van der Waals surface area contributed by atoms with Gasteiger partial charge in [-0.05, 0) is 26.1 Å². The summed E-state index contributed by atoms with van der Waals surface area (Å²) in [6.45, 7) is 7.93. The molecular formula is C20H28N4O. The van der Waals surface area contributed by atoms with Crippen molar-refractivity contribution in [1.29, 1.82) is 0 Å². The van der Waals surface area contributed by atoms with Gasteiger partial charge in [-0.15, -0.1) is 0 Å². The summed E-state index contributed by atoms with van der Waals surface area (Å²) >= 11 is 0. The summed E-state index contributed by atoms with van der Waals surface area (Å²) in [4.78, 5) is 9.40. The molecule has 0 atom stereocenters. The van der Waals surface area contributed by atoms with Crippen molar-refractivity contribution in [3.8, 4) is 5.75 Å². The topological polar surface area (TPSA) is 40.6 Å². The van der Waals surface area contributed by atoms with Crippen molar-refractivity contribution in [2.75, 3.05) is 45.2 Å². The number of piperazine rings is 1. The van der Waals surface area contributed by atoms with Crippen molar-refractivity contribution in [1.82, 2.24) is 15.2 Å². The van der Waals surface area contributed by atoms with Crippen molar-refractivity contribution in [2.24, 2.45) is 0 Å². The van der Waals surface area contributed by atoms with Crippen molar-refractivity contribution in [3.05, 3.63) is 53.2 Å². The quantitative estimate of drug-likeness (QED) is 0.875. The molecule has 5 heteroatoms. The molecule has 0 saturated carbocycles. The van der Waals surface area contributed by atoms with Gasteiger partial charge >= 0.3 is 0 Å². The summed E-state index contributed by atoms with van der Waals surface area (Å²) in [5.74, 6) is 2.04. The first-order valence-electron chi connectivity index (χ1n) is 8.89. The lowest BCUT2D eigenvalue weighted by molar-refractivity contribution is 0.311. The number of aromatic nitrogens is 1. The normalized spacial score (nSPS) is 15.4. The zero-order chi connectivity index (χ0) is 17.6. The predicted molar refractivity (Wildman–Crippen MR) is 102 cm³/mol. The van der Waals surface area contributed by atoms with Crippen LogP contribution in [0.25, 0.3) is 0 Å². The van der Waals surface area contributed by atoms with E-state index in [1.165, 1.54) is 16.7 Å². The second-order valence-corrected chi connectivity index (χ2v) is 6.70. The average Bonchev–Trinajstić information content (AvgIpc) is 2.63. The Kier molecular flexibility index (Phi) is 5.89. The van der Waals surface area contributed by atoms with E-state index in [9.17, 15) is 0 Å². The highest BCUT2D eigenvalue weighted by Crippen LogP contribution is 2.21. The highest BCUT2D eigenvalue weighted by molar-refractivity contribution is 5.47. The molecule has 25 heavy (non-hydrogen) atoms. The van der Waals surface area contributed by atoms with Gasteiger partial charge in [-0.3, -0.25) is 0 Å². The summed E-state index contributed by atoms with van der Waals surface area (Å²) in [5, 5.41) is 3.55. The Morgan fingerprint density at radius 1 is 1.08 bits per heavy atom. The largest absolute Gasteiger partial charge is 0.496 e.